The Morgan fingerprint density at radius 2 is 1.60 bits per heavy atom. The molecule has 6 heterocycles. The standard InChI is InChI=1S/C61H73FIN5O15/c1-28-11-10-12-29(2)59(77)65-46-49(66-20-16-36(17-21-66)64-25-35-15-19-67(26-35)48-39(24-63)47-38(23-41(48)62)53(73)40(60(78)79)27-68(47)37-13-14-37)55(75)43-44(54(46)74)52(72)33(6)57-45(43)58(76)61(8,83-57)81-22-18-42(80-9)30(3)56(82-34(7)69)32(5)51(71)31(4)50(28)70/h10-12,18,22-23,27-28,30-32,35-37,42,50-51,56,64,70-72H,13-17,19-21,24-26H2,1-9H3,(H,65,77)(H,78,79)/b11-10+,22-18+,29-12-/t28-,30+,31+,32+,35?,42-,50-,51+,56+,61-/m0/s1. The predicted molar refractivity (Wildman–Crippen MR) is 312 cm³/mol. The number of phenols is 1. The van der Waals surface area contributed by atoms with Gasteiger partial charge in [0, 0.05) is 116 Å². The molecule has 22 heteroatoms. The number of hydrogen-bond acceptors (Lipinski definition) is 17. The monoisotopic (exact) mass is 1260 g/mol. The summed E-state index contributed by atoms with van der Waals surface area (Å²) in [6.07, 6.45) is 7.99. The number of hydrogen-bond donors (Lipinski definition) is 6. The van der Waals surface area contributed by atoms with E-state index in [0.29, 0.717) is 53.7 Å². The summed E-state index contributed by atoms with van der Waals surface area (Å²) in [5, 5.41) is 51.2. The van der Waals surface area contributed by atoms with E-state index in [4.69, 9.17) is 18.9 Å². The summed E-state index contributed by atoms with van der Waals surface area (Å²) in [5.74, 6) is -11.4. The molecule has 7 aliphatic rings. The number of ketones is 3. The summed E-state index contributed by atoms with van der Waals surface area (Å²) in [5.41, 5.74) is -1.16. The van der Waals surface area contributed by atoms with Crippen LogP contribution in [0.1, 0.15) is 139 Å². The molecule has 5 bridgehead atoms. The number of fused-ring (bicyclic) bond motifs is 15. The van der Waals surface area contributed by atoms with Gasteiger partial charge in [-0.2, -0.15) is 0 Å². The Morgan fingerprint density at radius 3 is 2.24 bits per heavy atom. The molecule has 6 N–H and O–H groups in total. The van der Waals surface area contributed by atoms with E-state index in [1.165, 1.54) is 65.5 Å². The van der Waals surface area contributed by atoms with E-state index < -0.39 is 123 Å². The quantitative estimate of drug-likeness (QED) is 0.0680. The number of aromatic carboxylic acids is 1. The maximum absolute atomic E-state index is 16.3. The lowest BCUT2D eigenvalue weighted by atomic mass is 9.78. The van der Waals surface area contributed by atoms with Crippen molar-refractivity contribution in [3.8, 4) is 11.5 Å². The molecule has 2 aromatic carbocycles. The zero-order valence-electron chi connectivity index (χ0n) is 48.0. The fourth-order valence-corrected chi connectivity index (χ4v) is 13.4. The number of carboxylic acids is 1. The molecule has 20 nitrogen and oxygen atoms in total. The second kappa shape index (κ2) is 24.3. The molecule has 2 saturated heterocycles. The van der Waals surface area contributed by atoms with Gasteiger partial charge in [-0.15, -0.1) is 0 Å². The van der Waals surface area contributed by atoms with Crippen LogP contribution in [0.4, 0.5) is 10.1 Å². The first-order valence-electron chi connectivity index (χ1n) is 28.3. The summed E-state index contributed by atoms with van der Waals surface area (Å²) in [6, 6.07) is 1.14. The van der Waals surface area contributed by atoms with Gasteiger partial charge in [-0.05, 0) is 70.6 Å². The first-order valence-corrected chi connectivity index (χ1v) is 29.8. The van der Waals surface area contributed by atoms with E-state index in [1.54, 1.807) is 44.7 Å². The number of rotatable bonds is 10. The number of pyridine rings is 1. The number of ether oxygens (including phenoxy) is 4. The van der Waals surface area contributed by atoms with Crippen molar-refractivity contribution in [2.75, 3.05) is 44.7 Å². The molecule has 1 unspecified atom stereocenters. The number of halogens is 2. The van der Waals surface area contributed by atoms with Gasteiger partial charge in [0.2, 0.25) is 17.0 Å². The molecule has 1 saturated carbocycles. The zero-order chi connectivity index (χ0) is 60.3. The highest BCUT2D eigenvalue weighted by molar-refractivity contribution is 14.1. The molecule has 83 heavy (non-hydrogen) atoms. The number of amides is 1. The number of Topliss-reactive ketones (excluding diaryl/α,β-unsaturated/α-hetero) is 3. The minimum absolute atomic E-state index is 0.0235. The number of alkyl halides is 1. The minimum Gasteiger partial charge on any atom is -0.507 e. The topological polar surface area (TPSA) is 273 Å². The van der Waals surface area contributed by atoms with Crippen molar-refractivity contribution in [1.29, 1.82) is 0 Å². The fourth-order valence-electron chi connectivity index (χ4n) is 12.6. The number of aromatic nitrogens is 1. The third kappa shape index (κ3) is 11.5. The van der Waals surface area contributed by atoms with Gasteiger partial charge < -0.3 is 64.4 Å². The highest BCUT2D eigenvalue weighted by atomic mass is 127. The molecular weight excluding hydrogens is 1190 g/mol. The Morgan fingerprint density at radius 1 is 0.916 bits per heavy atom. The van der Waals surface area contributed by atoms with Crippen molar-refractivity contribution >= 4 is 74.4 Å². The largest absolute Gasteiger partial charge is 0.507 e. The number of nitrogens with zero attached hydrogens (tertiary/aromatic N) is 3. The summed E-state index contributed by atoms with van der Waals surface area (Å²) in [4.78, 5) is 101. The number of carboxylic acid groups (broad SMARTS) is 1. The third-order valence-corrected chi connectivity index (χ3v) is 18.4. The van der Waals surface area contributed by atoms with E-state index in [0.717, 1.165) is 19.3 Å². The number of aliphatic hydroxyl groups is 2. The van der Waals surface area contributed by atoms with Crippen LogP contribution >= 0.6 is 22.6 Å². The van der Waals surface area contributed by atoms with Gasteiger partial charge in [0.15, 0.2) is 0 Å². The van der Waals surface area contributed by atoms with Crippen molar-refractivity contribution in [2.24, 2.45) is 29.6 Å². The highest BCUT2D eigenvalue weighted by Gasteiger charge is 2.53. The predicted octanol–water partition coefficient (Wildman–Crippen LogP) is 6.96. The number of benzene rings is 2. The van der Waals surface area contributed by atoms with Gasteiger partial charge in [0.05, 0.1) is 52.5 Å². The number of allylic oxidation sites excluding steroid dienone is 4. The molecule has 2 aliphatic carbocycles. The first-order chi connectivity index (χ1) is 39.3. The maximum atomic E-state index is 16.3. The SMILES string of the molecule is CO[C@H]1/C=C/O[C@@]2(C)Oc3c(C)c(O)c4c(c3C2=O)C(=O)C(N2CCC(NCC3CCN(c5c(F)cc6c(=O)c(C(=O)O)cn(C7CC7)c6c5CI)C3)CC2)=C(NC(=O)/C(C)=C\C=C\[C@H](C)[C@H](O)[C@@H](C)[C@@H](O)[C@@H](C)[C@H](OC(C)=O)[C@@H]1C)C4=O. The average molecular weight is 1260 g/mol. The molecule has 3 fully saturated rings. The zero-order valence-corrected chi connectivity index (χ0v) is 50.2. The molecule has 0 radical (unpaired) electrons. The van der Waals surface area contributed by atoms with Crippen molar-refractivity contribution in [2.45, 2.75) is 134 Å². The second-order valence-corrected chi connectivity index (χ2v) is 24.1. The van der Waals surface area contributed by atoms with Gasteiger partial charge in [-0.1, -0.05) is 68.5 Å². The number of carbonyl (C=O) groups excluding carboxylic acids is 5. The molecule has 0 spiro atoms. The smallest absolute Gasteiger partial charge is 0.341 e. The number of carbonyl (C=O) groups is 6. The Labute approximate surface area is 493 Å². The Balaban J connectivity index is 0.992. The summed E-state index contributed by atoms with van der Waals surface area (Å²) < 4.78 is 42.4. The number of phenolic OH excluding ortho intramolecular Hbond substituents is 1. The van der Waals surface area contributed by atoms with Gasteiger partial charge in [0.25, 0.3) is 11.7 Å². The summed E-state index contributed by atoms with van der Waals surface area (Å²) in [6.45, 7) is 14.4. The highest BCUT2D eigenvalue weighted by Crippen LogP contribution is 2.49. The van der Waals surface area contributed by atoms with E-state index in [-0.39, 0.29) is 70.2 Å². The Hall–Kier alpha value is -6.47. The van der Waals surface area contributed by atoms with E-state index in [1.807, 2.05) is 9.47 Å². The molecule has 10 rings (SSSR count). The molecule has 1 aromatic heterocycles. The number of methoxy groups -OCH3 is 1. The molecule has 5 aliphatic heterocycles. The number of aliphatic hydroxyl groups excluding tert-OH is 2. The molecule has 1 amide bonds. The van der Waals surface area contributed by atoms with Gasteiger partial charge in [-0.25, -0.2) is 9.18 Å². The molecule has 3 aromatic rings. The van der Waals surface area contributed by atoms with Crippen LogP contribution in [0.2, 0.25) is 0 Å². The van der Waals surface area contributed by atoms with Crippen LogP contribution in [-0.4, -0.2) is 141 Å². The second-order valence-electron chi connectivity index (χ2n) is 23.3. The molecule has 446 valence electrons. The van der Waals surface area contributed by atoms with Crippen LogP contribution in [0.25, 0.3) is 10.9 Å². The Bertz CT molecular complexity index is 3360. The minimum atomic E-state index is -2.14. The number of piperidine rings is 1. The lowest BCUT2D eigenvalue weighted by molar-refractivity contribution is -0.160. The number of likely N-dealkylation sites (tertiary alicyclic amines) is 1. The van der Waals surface area contributed by atoms with E-state index >= 15 is 14.0 Å². The Kier molecular flexibility index (Phi) is 17.9. The van der Waals surface area contributed by atoms with Gasteiger partial charge in [0.1, 0.15) is 40.4 Å². The number of esters is 1. The van der Waals surface area contributed by atoms with Crippen LogP contribution in [0.15, 0.2) is 64.6 Å². The van der Waals surface area contributed by atoms with Crippen LogP contribution in [-0.2, 0) is 28.2 Å². The lowest BCUT2D eigenvalue weighted by Crippen LogP contribution is -2.47. The number of anilines is 1. The molecular formula is C61H73FIN5O15. The van der Waals surface area contributed by atoms with E-state index in [9.17, 15) is 44.4 Å². The van der Waals surface area contributed by atoms with Crippen molar-refractivity contribution in [3.05, 3.63) is 109 Å². The normalized spacial score (nSPS) is 29.8. The molecule has 10 atom stereocenters. The number of aromatic hydroxyl groups is 1. The van der Waals surface area contributed by atoms with Crippen molar-refractivity contribution in [3.63, 3.8) is 0 Å². The van der Waals surface area contributed by atoms with Gasteiger partial charge >= 0.3 is 17.7 Å². The van der Waals surface area contributed by atoms with E-state index in [2.05, 4.69) is 33.2 Å². The van der Waals surface area contributed by atoms with Crippen LogP contribution in [0.5, 0.6) is 11.5 Å². The third-order valence-electron chi connectivity index (χ3n) is 17.7. The average Bonchev–Trinajstić information content (AvgIpc) is 1.94. The van der Waals surface area contributed by atoms with Gasteiger partial charge in [-0.3, -0.25) is 28.8 Å². The fraction of sp³-hybridized carbons (Fsp3) is 0.525. The summed E-state index contributed by atoms with van der Waals surface area (Å²) >= 11 is 2.17. The van der Waals surface area contributed by atoms with Crippen LogP contribution in [0, 0.1) is 42.3 Å². The summed E-state index contributed by atoms with van der Waals surface area (Å²) in [7, 11) is 1.42. The lowest BCUT2D eigenvalue weighted by Gasteiger charge is -2.38. The van der Waals surface area contributed by atoms with Crippen LogP contribution < -0.4 is 25.7 Å². The van der Waals surface area contributed by atoms with Crippen molar-refractivity contribution < 1.29 is 72.5 Å². The maximum Gasteiger partial charge on any atom is 0.341 e. The first kappa shape index (κ1) is 61.1. The van der Waals surface area contributed by atoms with Crippen LogP contribution in [0.3, 0.4) is 0 Å². The van der Waals surface area contributed by atoms with Crippen molar-refractivity contribution in [1.82, 2.24) is 20.1 Å². The number of nitrogens with one attached hydrogen (secondary N) is 2.